The van der Waals surface area contributed by atoms with Gasteiger partial charge in [0.25, 0.3) is 0 Å². The first-order valence-electron chi connectivity index (χ1n) is 7.05. The smallest absolute Gasteiger partial charge is 0.355 e. The Bertz CT molecular complexity index is 753. The second-order valence-corrected chi connectivity index (χ2v) is 5.16. The molecule has 0 radical (unpaired) electrons. The molecule has 0 fully saturated rings. The number of rotatable bonds is 4. The Kier molecular flexibility index (Phi) is 5.65. The van der Waals surface area contributed by atoms with E-state index in [1.165, 1.54) is 20.3 Å². The largest absolute Gasteiger partial charge is 0.465 e. The topological polar surface area (TPSA) is 67.9 Å². The van der Waals surface area contributed by atoms with E-state index in [4.69, 9.17) is 21.1 Å². The van der Waals surface area contributed by atoms with E-state index in [2.05, 4.69) is 5.32 Å². The lowest BCUT2D eigenvalue weighted by Crippen LogP contribution is -2.27. The van der Waals surface area contributed by atoms with Crippen LogP contribution in [0, 0.1) is 0 Å². The Hall–Kier alpha value is -2.73. The first-order valence-corrected chi connectivity index (χ1v) is 7.43. The van der Waals surface area contributed by atoms with Crippen LogP contribution in [0.4, 0.5) is 11.4 Å². The summed E-state index contributed by atoms with van der Waals surface area (Å²) < 4.78 is 9.64. The lowest BCUT2D eigenvalue weighted by atomic mass is 10.1. The molecular formula is C17H17ClN2O4. The molecule has 0 aromatic heterocycles. The molecule has 0 saturated carbocycles. The lowest BCUT2D eigenvalue weighted by molar-refractivity contribution is -0.139. The lowest BCUT2D eigenvalue weighted by Gasteiger charge is -2.25. The van der Waals surface area contributed by atoms with Gasteiger partial charge >= 0.3 is 11.9 Å². The van der Waals surface area contributed by atoms with Crippen molar-refractivity contribution in [1.29, 1.82) is 0 Å². The number of carbonyl (C=O) groups excluding carboxylic acids is 2. The van der Waals surface area contributed by atoms with Crippen LogP contribution in [-0.2, 0) is 19.1 Å². The number of methoxy groups -OCH3 is 2. The number of nitrogens with one attached hydrogen (secondary N) is 1. The molecule has 0 aliphatic carbocycles. The van der Waals surface area contributed by atoms with E-state index in [0.29, 0.717) is 16.4 Å². The van der Waals surface area contributed by atoms with E-state index in [1.807, 2.05) is 0 Å². The molecule has 1 heterocycles. The van der Waals surface area contributed by atoms with Crippen molar-refractivity contribution in [3.63, 3.8) is 0 Å². The summed E-state index contributed by atoms with van der Waals surface area (Å²) >= 11 is 6.03. The third-order valence-corrected chi connectivity index (χ3v) is 3.61. The SMILES string of the molecule is CNc1cc(Cl)ccc1N1C=CC=CC(C(=O)OC)=C1C(=O)OC. The summed E-state index contributed by atoms with van der Waals surface area (Å²) in [5.74, 6) is -1.30. The summed E-state index contributed by atoms with van der Waals surface area (Å²) in [4.78, 5) is 26.0. The minimum atomic E-state index is -0.663. The summed E-state index contributed by atoms with van der Waals surface area (Å²) in [6.07, 6.45) is 6.50. The molecule has 7 heteroatoms. The number of hydrogen-bond acceptors (Lipinski definition) is 6. The molecule has 1 aromatic rings. The average molecular weight is 349 g/mol. The predicted octanol–water partition coefficient (Wildman–Crippen LogP) is 2.87. The number of esters is 2. The second kappa shape index (κ2) is 7.70. The van der Waals surface area contributed by atoms with Crippen molar-refractivity contribution in [1.82, 2.24) is 0 Å². The number of nitrogens with zero attached hydrogens (tertiary/aromatic N) is 1. The van der Waals surface area contributed by atoms with Crippen LogP contribution in [0.1, 0.15) is 0 Å². The van der Waals surface area contributed by atoms with E-state index < -0.39 is 11.9 Å². The molecule has 0 saturated heterocycles. The van der Waals surface area contributed by atoms with Gasteiger partial charge in [-0.1, -0.05) is 17.7 Å². The van der Waals surface area contributed by atoms with E-state index in [0.717, 1.165) is 0 Å². The molecule has 24 heavy (non-hydrogen) atoms. The van der Waals surface area contributed by atoms with E-state index >= 15 is 0 Å². The van der Waals surface area contributed by atoms with Crippen molar-refractivity contribution in [3.8, 4) is 0 Å². The minimum absolute atomic E-state index is 0.0492. The van der Waals surface area contributed by atoms with Crippen LogP contribution in [-0.4, -0.2) is 33.2 Å². The van der Waals surface area contributed by atoms with Gasteiger partial charge < -0.3 is 19.7 Å². The highest BCUT2D eigenvalue weighted by Crippen LogP contribution is 2.34. The van der Waals surface area contributed by atoms with Gasteiger partial charge in [-0.15, -0.1) is 0 Å². The molecule has 0 atom stereocenters. The van der Waals surface area contributed by atoms with Crippen molar-refractivity contribution in [3.05, 3.63) is 58.9 Å². The van der Waals surface area contributed by atoms with Crippen LogP contribution in [0.25, 0.3) is 0 Å². The standard InChI is InChI=1S/C17H17ClN2O4/c1-19-13-10-11(18)7-8-14(13)20-9-5-4-6-12(16(21)23-2)15(20)17(22)24-3/h4-10,19H,1-3H3. The normalized spacial score (nSPS) is 13.6. The fourth-order valence-corrected chi connectivity index (χ4v) is 2.44. The highest BCUT2D eigenvalue weighted by atomic mass is 35.5. The monoisotopic (exact) mass is 348 g/mol. The number of anilines is 2. The number of allylic oxidation sites excluding steroid dienone is 2. The van der Waals surface area contributed by atoms with E-state index in [1.54, 1.807) is 48.5 Å². The Balaban J connectivity index is 2.70. The molecule has 2 rings (SSSR count). The molecule has 1 N–H and O–H groups in total. The van der Waals surface area contributed by atoms with E-state index in [-0.39, 0.29) is 11.3 Å². The molecule has 1 aliphatic heterocycles. The van der Waals surface area contributed by atoms with Gasteiger partial charge in [-0.2, -0.15) is 0 Å². The zero-order chi connectivity index (χ0) is 17.7. The van der Waals surface area contributed by atoms with Gasteiger partial charge in [-0.25, -0.2) is 9.59 Å². The molecule has 0 bridgehead atoms. The van der Waals surface area contributed by atoms with Crippen LogP contribution in [0.15, 0.2) is 53.9 Å². The van der Waals surface area contributed by atoms with Gasteiger partial charge in [-0.3, -0.25) is 0 Å². The van der Waals surface area contributed by atoms with Gasteiger partial charge in [0.05, 0.1) is 31.2 Å². The molecule has 1 aliphatic rings. The Morgan fingerprint density at radius 2 is 1.83 bits per heavy atom. The Labute approximate surface area is 145 Å². The minimum Gasteiger partial charge on any atom is -0.465 e. The zero-order valence-electron chi connectivity index (χ0n) is 13.5. The van der Waals surface area contributed by atoms with Crippen molar-refractivity contribution in [2.24, 2.45) is 0 Å². The fourth-order valence-electron chi connectivity index (χ4n) is 2.27. The van der Waals surface area contributed by atoms with Gasteiger partial charge in [0.2, 0.25) is 0 Å². The van der Waals surface area contributed by atoms with Gasteiger partial charge in [0, 0.05) is 18.3 Å². The van der Waals surface area contributed by atoms with Crippen LogP contribution in [0.5, 0.6) is 0 Å². The van der Waals surface area contributed by atoms with Crippen LogP contribution < -0.4 is 10.2 Å². The Morgan fingerprint density at radius 3 is 2.46 bits per heavy atom. The maximum absolute atomic E-state index is 12.4. The molecule has 6 nitrogen and oxygen atoms in total. The first-order chi connectivity index (χ1) is 11.5. The third kappa shape index (κ3) is 3.44. The molecular weight excluding hydrogens is 332 g/mol. The average Bonchev–Trinajstić information content (AvgIpc) is 2.82. The highest BCUT2D eigenvalue weighted by Gasteiger charge is 2.28. The number of halogens is 1. The molecule has 0 unspecified atom stereocenters. The highest BCUT2D eigenvalue weighted by molar-refractivity contribution is 6.31. The van der Waals surface area contributed by atoms with Crippen molar-refractivity contribution in [2.75, 3.05) is 31.5 Å². The van der Waals surface area contributed by atoms with Crippen molar-refractivity contribution < 1.29 is 19.1 Å². The van der Waals surface area contributed by atoms with E-state index in [9.17, 15) is 9.59 Å². The molecule has 126 valence electrons. The van der Waals surface area contributed by atoms with Gasteiger partial charge in [0.15, 0.2) is 0 Å². The van der Waals surface area contributed by atoms with Gasteiger partial charge in [-0.05, 0) is 30.4 Å². The molecule has 0 spiro atoms. The number of carbonyl (C=O) groups is 2. The summed E-state index contributed by atoms with van der Waals surface area (Å²) in [6.45, 7) is 0. The van der Waals surface area contributed by atoms with Crippen LogP contribution in [0.2, 0.25) is 5.02 Å². The first kappa shape index (κ1) is 17.6. The van der Waals surface area contributed by atoms with Crippen LogP contribution >= 0.6 is 11.6 Å². The summed E-state index contributed by atoms with van der Waals surface area (Å²) in [7, 11) is 4.24. The quantitative estimate of drug-likeness (QED) is 0.844. The zero-order valence-corrected chi connectivity index (χ0v) is 14.3. The maximum atomic E-state index is 12.4. The molecule has 0 amide bonds. The van der Waals surface area contributed by atoms with Gasteiger partial charge in [0.1, 0.15) is 5.70 Å². The third-order valence-electron chi connectivity index (χ3n) is 3.38. The number of hydrogen-bond donors (Lipinski definition) is 1. The summed E-state index contributed by atoms with van der Waals surface area (Å²) in [5.41, 5.74) is 1.45. The van der Waals surface area contributed by atoms with Crippen molar-refractivity contribution in [2.45, 2.75) is 0 Å². The van der Waals surface area contributed by atoms with Crippen molar-refractivity contribution >= 4 is 34.9 Å². The number of ether oxygens (including phenoxy) is 2. The number of benzene rings is 1. The van der Waals surface area contributed by atoms with Crippen LogP contribution in [0.3, 0.4) is 0 Å². The maximum Gasteiger partial charge on any atom is 0.355 e. The Morgan fingerprint density at radius 1 is 1.12 bits per heavy atom. The summed E-state index contributed by atoms with van der Waals surface area (Å²) in [5, 5.41) is 3.56. The predicted molar refractivity (Wildman–Crippen MR) is 92.8 cm³/mol. The fraction of sp³-hybridized carbons (Fsp3) is 0.176. The second-order valence-electron chi connectivity index (χ2n) is 4.73. The summed E-state index contributed by atoms with van der Waals surface area (Å²) in [6, 6.07) is 5.15. The molecule has 1 aromatic carbocycles.